The molecule has 0 saturated heterocycles. The van der Waals surface area contributed by atoms with E-state index < -0.39 is 4.75 Å². The lowest BCUT2D eigenvalue weighted by Gasteiger charge is -2.35. The third kappa shape index (κ3) is 4.03. The molecular formula is C26H22N2OS2. The van der Waals surface area contributed by atoms with Crippen LogP contribution < -0.4 is 5.32 Å². The number of benzene rings is 3. The molecule has 0 bridgehead atoms. The maximum Gasteiger partial charge on any atom is 0.272 e. The fourth-order valence-electron chi connectivity index (χ4n) is 3.77. The smallest absolute Gasteiger partial charge is 0.272 e. The average molecular weight is 443 g/mol. The van der Waals surface area contributed by atoms with Crippen molar-refractivity contribution in [2.75, 3.05) is 0 Å². The second kappa shape index (κ2) is 8.69. The molecule has 4 aromatic rings. The topological polar surface area (TPSA) is 42.0 Å². The van der Waals surface area contributed by atoms with Crippen molar-refractivity contribution >= 4 is 29.0 Å². The van der Waals surface area contributed by atoms with E-state index in [0.717, 1.165) is 17.1 Å². The summed E-state index contributed by atoms with van der Waals surface area (Å²) in [4.78, 5) is 17.3. The number of hydrogen-bond donors (Lipinski definition) is 1. The van der Waals surface area contributed by atoms with Gasteiger partial charge in [-0.1, -0.05) is 103 Å². The van der Waals surface area contributed by atoms with Gasteiger partial charge in [0.25, 0.3) is 5.91 Å². The van der Waals surface area contributed by atoms with Crippen LogP contribution in [0.3, 0.4) is 0 Å². The fourth-order valence-corrected chi connectivity index (χ4v) is 6.26. The molecule has 1 fully saturated rings. The Morgan fingerprint density at radius 1 is 0.839 bits per heavy atom. The predicted molar refractivity (Wildman–Crippen MR) is 128 cm³/mol. The highest BCUT2D eigenvalue weighted by molar-refractivity contribution is 8.02. The van der Waals surface area contributed by atoms with E-state index in [2.05, 4.69) is 83.1 Å². The van der Waals surface area contributed by atoms with Gasteiger partial charge in [0.2, 0.25) is 0 Å². The summed E-state index contributed by atoms with van der Waals surface area (Å²) in [6, 6.07) is 31.8. The van der Waals surface area contributed by atoms with E-state index in [0.29, 0.717) is 11.7 Å². The average Bonchev–Trinajstić information content (AvgIpc) is 3.53. The zero-order valence-corrected chi connectivity index (χ0v) is 18.5. The van der Waals surface area contributed by atoms with Crippen LogP contribution in [-0.4, -0.2) is 16.9 Å². The Bertz CT molecular complexity index is 1060. The zero-order chi connectivity index (χ0) is 21.1. The summed E-state index contributed by atoms with van der Waals surface area (Å²) < 4.78 is 0.417. The normalized spacial score (nSPS) is 13.7. The lowest BCUT2D eigenvalue weighted by molar-refractivity contribution is 0.0944. The predicted octanol–water partition coefficient (Wildman–Crippen LogP) is 6.12. The largest absolute Gasteiger partial charge is 0.348 e. The van der Waals surface area contributed by atoms with E-state index in [1.165, 1.54) is 28.0 Å². The molecule has 3 nitrogen and oxygen atoms in total. The van der Waals surface area contributed by atoms with Crippen LogP contribution in [-0.2, 0) is 4.75 Å². The Hall–Kier alpha value is -2.89. The third-order valence-corrected chi connectivity index (χ3v) is 8.00. The number of nitrogens with zero attached hydrogens (tertiary/aromatic N) is 1. The fraction of sp³-hybridized carbons (Fsp3) is 0.154. The van der Waals surface area contributed by atoms with Gasteiger partial charge in [-0.2, -0.15) is 0 Å². The molecule has 0 spiro atoms. The summed E-state index contributed by atoms with van der Waals surface area (Å²) >= 11 is 3.23. The van der Waals surface area contributed by atoms with Crippen LogP contribution in [0.25, 0.3) is 0 Å². The Morgan fingerprint density at radius 2 is 1.32 bits per heavy atom. The van der Waals surface area contributed by atoms with Gasteiger partial charge in [-0.3, -0.25) is 4.79 Å². The zero-order valence-electron chi connectivity index (χ0n) is 16.9. The number of hydrogen-bond acceptors (Lipinski definition) is 4. The van der Waals surface area contributed by atoms with Crippen molar-refractivity contribution in [1.82, 2.24) is 10.3 Å². The molecule has 1 N–H and O–H groups in total. The van der Waals surface area contributed by atoms with E-state index in [4.69, 9.17) is 0 Å². The quantitative estimate of drug-likeness (QED) is 0.277. The van der Waals surface area contributed by atoms with Gasteiger partial charge in [0.05, 0.1) is 14.5 Å². The molecule has 1 amide bonds. The number of nitrogens with one attached hydrogen (secondary N) is 1. The van der Waals surface area contributed by atoms with Gasteiger partial charge in [-0.15, -0.1) is 11.3 Å². The van der Waals surface area contributed by atoms with Crippen molar-refractivity contribution in [3.63, 3.8) is 0 Å². The summed E-state index contributed by atoms with van der Waals surface area (Å²) in [5.74, 6) is -0.0747. The molecule has 0 unspecified atom stereocenters. The minimum Gasteiger partial charge on any atom is -0.348 e. The summed E-state index contributed by atoms with van der Waals surface area (Å²) in [6.45, 7) is 0. The maximum absolute atomic E-state index is 12.9. The summed E-state index contributed by atoms with van der Waals surface area (Å²) in [5.41, 5.74) is 5.79. The Labute approximate surface area is 190 Å². The maximum atomic E-state index is 12.9. The molecule has 31 heavy (non-hydrogen) atoms. The third-order valence-electron chi connectivity index (χ3n) is 5.45. The number of amides is 1. The van der Waals surface area contributed by atoms with Crippen LogP contribution in [0.15, 0.2) is 101 Å². The summed E-state index contributed by atoms with van der Waals surface area (Å²) in [6.07, 6.45) is 2.11. The molecule has 1 aliphatic rings. The SMILES string of the molecule is O=C(NC1CC1)c1ncsc1SC(c1ccccc1)(c1ccccc1)c1ccccc1. The number of carbonyl (C=O) groups excluding carboxylic acids is 1. The molecule has 1 saturated carbocycles. The van der Waals surface area contributed by atoms with Crippen molar-refractivity contribution in [3.05, 3.63) is 119 Å². The van der Waals surface area contributed by atoms with Crippen LogP contribution in [0.5, 0.6) is 0 Å². The van der Waals surface area contributed by atoms with E-state index in [1.54, 1.807) is 17.3 Å². The number of thioether (sulfide) groups is 1. The van der Waals surface area contributed by atoms with E-state index in [9.17, 15) is 4.79 Å². The van der Waals surface area contributed by atoms with Crippen LogP contribution in [0.2, 0.25) is 0 Å². The van der Waals surface area contributed by atoms with Gasteiger partial charge in [0.15, 0.2) is 5.69 Å². The van der Waals surface area contributed by atoms with Crippen LogP contribution in [0.1, 0.15) is 40.0 Å². The van der Waals surface area contributed by atoms with E-state index in [1.807, 2.05) is 18.2 Å². The van der Waals surface area contributed by atoms with Crippen molar-refractivity contribution in [2.24, 2.45) is 0 Å². The molecule has 0 atom stereocenters. The Morgan fingerprint density at radius 3 is 1.77 bits per heavy atom. The molecule has 1 heterocycles. The lowest BCUT2D eigenvalue weighted by atomic mass is 9.84. The van der Waals surface area contributed by atoms with Crippen molar-refractivity contribution in [1.29, 1.82) is 0 Å². The van der Waals surface area contributed by atoms with Crippen molar-refractivity contribution in [2.45, 2.75) is 27.8 Å². The molecule has 0 radical (unpaired) electrons. The summed E-state index contributed by atoms with van der Waals surface area (Å²) in [5, 5.41) is 3.09. The molecule has 1 aromatic heterocycles. The molecule has 3 aromatic carbocycles. The first kappa shape index (κ1) is 20.0. The highest BCUT2D eigenvalue weighted by atomic mass is 32.2. The van der Waals surface area contributed by atoms with Gasteiger partial charge in [0.1, 0.15) is 0 Å². The van der Waals surface area contributed by atoms with Gasteiger partial charge in [-0.05, 0) is 29.5 Å². The van der Waals surface area contributed by atoms with Crippen LogP contribution in [0.4, 0.5) is 0 Å². The monoisotopic (exact) mass is 442 g/mol. The highest BCUT2D eigenvalue weighted by Gasteiger charge is 2.39. The minimum atomic E-state index is -0.509. The van der Waals surface area contributed by atoms with Gasteiger partial charge < -0.3 is 5.32 Å². The standard InChI is InChI=1S/C26H22N2OS2/c29-24(28-22-16-17-22)23-25(30-18-27-23)31-26(19-10-4-1-5-11-19,20-12-6-2-7-13-20)21-14-8-3-9-15-21/h1-15,18,22H,16-17H2,(H,28,29). The molecule has 0 aliphatic heterocycles. The van der Waals surface area contributed by atoms with Gasteiger partial charge in [-0.25, -0.2) is 4.98 Å². The van der Waals surface area contributed by atoms with Crippen LogP contribution >= 0.6 is 23.1 Å². The Kier molecular flexibility index (Phi) is 5.62. The second-order valence-electron chi connectivity index (χ2n) is 7.62. The number of rotatable bonds is 7. The first-order chi connectivity index (χ1) is 15.3. The lowest BCUT2D eigenvalue weighted by Crippen LogP contribution is -2.28. The molecule has 5 heteroatoms. The first-order valence-corrected chi connectivity index (χ1v) is 12.1. The second-order valence-corrected chi connectivity index (χ2v) is 9.96. The van der Waals surface area contributed by atoms with Crippen molar-refractivity contribution < 1.29 is 4.79 Å². The summed E-state index contributed by atoms with van der Waals surface area (Å²) in [7, 11) is 0. The number of thiazole rings is 1. The van der Waals surface area contributed by atoms with Crippen LogP contribution in [0, 0.1) is 0 Å². The van der Waals surface area contributed by atoms with Gasteiger partial charge >= 0.3 is 0 Å². The molecule has 154 valence electrons. The Balaban J connectivity index is 1.68. The minimum absolute atomic E-state index is 0.0747. The van der Waals surface area contributed by atoms with E-state index >= 15 is 0 Å². The first-order valence-electron chi connectivity index (χ1n) is 10.4. The number of carbonyl (C=O) groups is 1. The molecule has 5 rings (SSSR count). The molecule has 1 aliphatic carbocycles. The van der Waals surface area contributed by atoms with Gasteiger partial charge in [0, 0.05) is 6.04 Å². The molecular weight excluding hydrogens is 420 g/mol. The number of aromatic nitrogens is 1. The van der Waals surface area contributed by atoms with E-state index in [-0.39, 0.29) is 5.91 Å². The highest BCUT2D eigenvalue weighted by Crippen LogP contribution is 2.53. The van der Waals surface area contributed by atoms with Crippen molar-refractivity contribution in [3.8, 4) is 0 Å².